The minimum absolute atomic E-state index is 0.123. The zero-order chi connectivity index (χ0) is 45.3. The molecule has 0 aromatic heterocycles. The Balaban J connectivity index is 2.37. The van der Waals surface area contributed by atoms with E-state index in [4.69, 9.17) is 18.9 Å². The van der Waals surface area contributed by atoms with E-state index < -0.39 is 61.3 Å². The molecule has 11 nitrogen and oxygen atoms in total. The number of esters is 2. The lowest BCUT2D eigenvalue weighted by molar-refractivity contribution is -0.298. The Hall–Kier alpha value is -3.87. The number of hydrogen-bond donors (Lipinski definition) is 4. The van der Waals surface area contributed by atoms with Gasteiger partial charge in [-0.1, -0.05) is 150 Å². The van der Waals surface area contributed by atoms with Crippen molar-refractivity contribution in [1.29, 1.82) is 0 Å². The van der Waals surface area contributed by atoms with Crippen LogP contribution in [0.2, 0.25) is 0 Å². The van der Waals surface area contributed by atoms with Gasteiger partial charge in [0.05, 0.1) is 6.61 Å². The Kier molecular flexibility index (Phi) is 36.2. The van der Waals surface area contributed by atoms with E-state index in [0.717, 1.165) is 89.9 Å². The average Bonchev–Trinajstić information content (AvgIpc) is 3.26. The number of rotatable bonds is 37. The molecule has 0 radical (unpaired) electrons. The van der Waals surface area contributed by atoms with Crippen LogP contribution < -0.4 is 0 Å². The fraction of sp³-hybridized carbons (Fsp3) is 0.627. The van der Waals surface area contributed by atoms with Gasteiger partial charge < -0.3 is 39.4 Å². The molecule has 1 rings (SSSR count). The SMILES string of the molecule is CC/C=C\C/C=C\C/C=C\C/C=C\CCCCCCCCCCC(=O)OCC(COC1OC(C(=O)O)C(O)C(O)C1O)OC(=O)CCCC/C=C\C/C=C\C/C=C\C/C=C\CC. The predicted molar refractivity (Wildman–Crippen MR) is 247 cm³/mol. The maximum atomic E-state index is 12.8. The number of carboxylic acid groups (broad SMARTS) is 1. The summed E-state index contributed by atoms with van der Waals surface area (Å²) in [5, 5.41) is 39.8. The molecule has 4 N–H and O–H groups in total. The minimum Gasteiger partial charge on any atom is -0.479 e. The molecule has 1 saturated heterocycles. The van der Waals surface area contributed by atoms with E-state index in [9.17, 15) is 34.8 Å². The monoisotopic (exact) mass is 869 g/mol. The van der Waals surface area contributed by atoms with Gasteiger partial charge >= 0.3 is 17.9 Å². The summed E-state index contributed by atoms with van der Waals surface area (Å²) in [4.78, 5) is 36.9. The third-order valence-electron chi connectivity index (χ3n) is 9.93. The molecule has 1 heterocycles. The third kappa shape index (κ3) is 31.0. The highest BCUT2D eigenvalue weighted by molar-refractivity contribution is 5.73. The van der Waals surface area contributed by atoms with Crippen molar-refractivity contribution in [2.75, 3.05) is 13.2 Å². The lowest BCUT2D eigenvalue weighted by Gasteiger charge is -2.38. The quantitative estimate of drug-likeness (QED) is 0.0266. The molecule has 0 aromatic rings. The van der Waals surface area contributed by atoms with Gasteiger partial charge in [0, 0.05) is 12.8 Å². The summed E-state index contributed by atoms with van der Waals surface area (Å²) in [7, 11) is 0. The van der Waals surface area contributed by atoms with Crippen molar-refractivity contribution in [3.8, 4) is 0 Å². The summed E-state index contributed by atoms with van der Waals surface area (Å²) in [5.41, 5.74) is 0. The first kappa shape index (κ1) is 56.1. The molecular formula is C51H80O11. The van der Waals surface area contributed by atoms with Crippen LogP contribution in [0.1, 0.15) is 155 Å². The minimum atomic E-state index is -1.87. The summed E-state index contributed by atoms with van der Waals surface area (Å²) in [5.74, 6) is -2.52. The molecule has 0 aliphatic carbocycles. The van der Waals surface area contributed by atoms with E-state index in [2.05, 4.69) is 111 Å². The Bertz CT molecular complexity index is 1390. The molecule has 11 heteroatoms. The molecule has 0 bridgehead atoms. The van der Waals surface area contributed by atoms with Crippen molar-refractivity contribution in [2.45, 2.75) is 192 Å². The topological polar surface area (TPSA) is 169 Å². The van der Waals surface area contributed by atoms with Gasteiger partial charge in [-0.05, 0) is 89.9 Å². The molecule has 0 aromatic carbocycles. The second-order valence-electron chi connectivity index (χ2n) is 15.5. The number of aliphatic carboxylic acids is 1. The largest absolute Gasteiger partial charge is 0.479 e. The number of carbonyl (C=O) groups is 3. The molecule has 0 amide bonds. The van der Waals surface area contributed by atoms with Gasteiger partial charge in [0.1, 0.15) is 24.9 Å². The van der Waals surface area contributed by atoms with Crippen molar-refractivity contribution < 1.29 is 53.8 Å². The fourth-order valence-electron chi connectivity index (χ4n) is 6.33. The zero-order valence-electron chi connectivity index (χ0n) is 37.8. The lowest BCUT2D eigenvalue weighted by Crippen LogP contribution is -2.60. The van der Waals surface area contributed by atoms with Gasteiger partial charge in [0.2, 0.25) is 0 Å². The van der Waals surface area contributed by atoms with E-state index in [1.165, 1.54) is 25.7 Å². The summed E-state index contributed by atoms with van der Waals surface area (Å²) in [6.07, 6.45) is 44.6. The van der Waals surface area contributed by atoms with Crippen LogP contribution >= 0.6 is 0 Å². The zero-order valence-corrected chi connectivity index (χ0v) is 37.8. The smallest absolute Gasteiger partial charge is 0.335 e. The maximum Gasteiger partial charge on any atom is 0.335 e. The first-order valence-corrected chi connectivity index (χ1v) is 23.3. The summed E-state index contributed by atoms with van der Waals surface area (Å²) in [6.45, 7) is 3.53. The van der Waals surface area contributed by atoms with Crippen LogP contribution in [-0.2, 0) is 33.3 Å². The summed E-state index contributed by atoms with van der Waals surface area (Å²) in [6, 6.07) is 0. The van der Waals surface area contributed by atoms with E-state index >= 15 is 0 Å². The van der Waals surface area contributed by atoms with Crippen LogP contribution in [0.3, 0.4) is 0 Å². The molecule has 1 aliphatic heterocycles. The number of aliphatic hydroxyl groups excluding tert-OH is 3. The van der Waals surface area contributed by atoms with Gasteiger partial charge in [0.25, 0.3) is 0 Å². The first-order valence-electron chi connectivity index (χ1n) is 23.3. The van der Waals surface area contributed by atoms with E-state index in [1.54, 1.807) is 0 Å². The van der Waals surface area contributed by atoms with Crippen LogP contribution in [-0.4, -0.2) is 88.4 Å². The highest BCUT2D eigenvalue weighted by Crippen LogP contribution is 2.23. The number of unbranched alkanes of at least 4 members (excludes halogenated alkanes) is 10. The van der Waals surface area contributed by atoms with Gasteiger partial charge in [-0.25, -0.2) is 4.79 Å². The highest BCUT2D eigenvalue weighted by Gasteiger charge is 2.47. The van der Waals surface area contributed by atoms with Crippen molar-refractivity contribution in [3.63, 3.8) is 0 Å². The molecule has 0 saturated carbocycles. The van der Waals surface area contributed by atoms with Gasteiger partial charge in [0.15, 0.2) is 18.5 Å². The highest BCUT2D eigenvalue weighted by atomic mass is 16.7. The van der Waals surface area contributed by atoms with Crippen LogP contribution in [0.25, 0.3) is 0 Å². The summed E-state index contributed by atoms with van der Waals surface area (Å²) < 4.78 is 21.7. The summed E-state index contributed by atoms with van der Waals surface area (Å²) >= 11 is 0. The van der Waals surface area contributed by atoms with Gasteiger partial charge in [-0.15, -0.1) is 0 Å². The first-order chi connectivity index (χ1) is 30.2. The Morgan fingerprint density at radius 2 is 0.903 bits per heavy atom. The van der Waals surface area contributed by atoms with Crippen molar-refractivity contribution >= 4 is 17.9 Å². The van der Waals surface area contributed by atoms with Crippen LogP contribution in [0, 0.1) is 0 Å². The molecule has 0 spiro atoms. The number of carbonyl (C=O) groups excluding carboxylic acids is 2. The number of aliphatic hydroxyl groups is 3. The Labute approximate surface area is 373 Å². The predicted octanol–water partition coefficient (Wildman–Crippen LogP) is 10.4. The van der Waals surface area contributed by atoms with Gasteiger partial charge in [-0.2, -0.15) is 0 Å². The molecule has 1 aliphatic rings. The second kappa shape index (κ2) is 39.9. The van der Waals surface area contributed by atoms with Gasteiger partial charge in [-0.3, -0.25) is 9.59 Å². The van der Waals surface area contributed by atoms with Crippen molar-refractivity contribution in [3.05, 3.63) is 97.2 Å². The number of allylic oxidation sites excluding steroid dienone is 16. The molecule has 6 unspecified atom stereocenters. The molecule has 1 fully saturated rings. The van der Waals surface area contributed by atoms with Crippen LogP contribution in [0.5, 0.6) is 0 Å². The fourth-order valence-corrected chi connectivity index (χ4v) is 6.33. The van der Waals surface area contributed by atoms with E-state index in [-0.39, 0.29) is 19.4 Å². The average molecular weight is 869 g/mol. The number of hydrogen-bond acceptors (Lipinski definition) is 10. The number of ether oxygens (including phenoxy) is 4. The Morgan fingerprint density at radius 3 is 1.39 bits per heavy atom. The maximum absolute atomic E-state index is 12.8. The second-order valence-corrected chi connectivity index (χ2v) is 15.5. The third-order valence-corrected chi connectivity index (χ3v) is 9.93. The number of carboxylic acids is 1. The standard InChI is InChI=1S/C51H80O11/c1-3-5-7-9-11-13-15-17-19-20-21-22-23-24-26-27-29-31-33-35-37-39-44(52)59-41-43(42-60-51-48(56)46(54)47(55)49(62-51)50(57)58)61-45(53)40-38-36-34-32-30-28-25-18-16-14-12-10-8-6-4-2/h5-8,11-14,17-19,21-22,25,30,32,43,46-49,51,54-56H,3-4,9-10,15-16,20,23-24,26-29,31,33-42H2,1-2H3,(H,57,58)/b7-5-,8-6-,13-11-,14-12-,19-17-,22-21-,25-18-,32-30-. The Morgan fingerprint density at radius 1 is 0.500 bits per heavy atom. The molecular weight excluding hydrogens is 789 g/mol. The van der Waals surface area contributed by atoms with E-state index in [0.29, 0.717) is 12.8 Å². The normalized spacial score (nSPS) is 20.4. The van der Waals surface area contributed by atoms with Crippen LogP contribution in [0.4, 0.5) is 0 Å². The molecule has 6 atom stereocenters. The van der Waals surface area contributed by atoms with Crippen LogP contribution in [0.15, 0.2) is 97.2 Å². The lowest BCUT2D eigenvalue weighted by atomic mass is 9.99. The molecule has 62 heavy (non-hydrogen) atoms. The molecule has 350 valence electrons. The van der Waals surface area contributed by atoms with Crippen molar-refractivity contribution in [2.24, 2.45) is 0 Å². The van der Waals surface area contributed by atoms with E-state index in [1.807, 2.05) is 0 Å². The van der Waals surface area contributed by atoms with Crippen molar-refractivity contribution in [1.82, 2.24) is 0 Å².